The van der Waals surface area contributed by atoms with E-state index < -0.39 is 0 Å². The second kappa shape index (κ2) is 3.30. The number of aryl methyl sites for hydroxylation is 1. The molecule has 14 heavy (non-hydrogen) atoms. The van der Waals surface area contributed by atoms with Crippen molar-refractivity contribution in [2.45, 2.75) is 13.5 Å². The minimum absolute atomic E-state index is 0.556. The SMILES string of the molecule is Cc1c(Cl)c2cc(CN)ccc2n1C. The van der Waals surface area contributed by atoms with Gasteiger partial charge in [-0.05, 0) is 24.6 Å². The molecule has 0 amide bonds. The average Bonchev–Trinajstić information content (AvgIpc) is 2.44. The summed E-state index contributed by atoms with van der Waals surface area (Å²) in [4.78, 5) is 0. The monoisotopic (exact) mass is 208 g/mol. The molecule has 0 aliphatic rings. The van der Waals surface area contributed by atoms with Crippen molar-refractivity contribution in [1.82, 2.24) is 4.57 Å². The van der Waals surface area contributed by atoms with E-state index in [0.717, 1.165) is 27.2 Å². The van der Waals surface area contributed by atoms with Crippen LogP contribution in [-0.2, 0) is 13.6 Å². The Morgan fingerprint density at radius 2 is 2.14 bits per heavy atom. The average molecular weight is 209 g/mol. The molecule has 1 aromatic heterocycles. The number of benzene rings is 1. The molecule has 0 unspecified atom stereocenters. The number of aromatic nitrogens is 1. The highest BCUT2D eigenvalue weighted by Gasteiger charge is 2.09. The van der Waals surface area contributed by atoms with Crippen molar-refractivity contribution in [3.8, 4) is 0 Å². The zero-order valence-corrected chi connectivity index (χ0v) is 9.10. The number of hydrogen-bond donors (Lipinski definition) is 1. The van der Waals surface area contributed by atoms with Gasteiger partial charge in [-0.15, -0.1) is 0 Å². The Morgan fingerprint density at radius 1 is 1.43 bits per heavy atom. The normalized spacial score (nSPS) is 11.1. The third-order valence-corrected chi connectivity index (χ3v) is 3.19. The molecule has 0 atom stereocenters. The van der Waals surface area contributed by atoms with E-state index in [9.17, 15) is 0 Å². The predicted molar refractivity (Wildman–Crippen MR) is 60.6 cm³/mol. The van der Waals surface area contributed by atoms with Gasteiger partial charge in [-0.3, -0.25) is 0 Å². The van der Waals surface area contributed by atoms with Crippen LogP contribution >= 0.6 is 11.6 Å². The predicted octanol–water partition coefficient (Wildman–Crippen LogP) is 2.60. The largest absolute Gasteiger partial charge is 0.346 e. The molecule has 0 spiro atoms. The van der Waals surface area contributed by atoms with Gasteiger partial charge in [0.1, 0.15) is 0 Å². The van der Waals surface area contributed by atoms with Crippen molar-refractivity contribution in [2.24, 2.45) is 12.8 Å². The summed E-state index contributed by atoms with van der Waals surface area (Å²) in [7, 11) is 2.02. The molecule has 0 fully saturated rings. The van der Waals surface area contributed by atoms with Crippen LogP contribution in [0.15, 0.2) is 18.2 Å². The Labute approximate surface area is 88.3 Å². The van der Waals surface area contributed by atoms with E-state index in [1.54, 1.807) is 0 Å². The molecule has 2 rings (SSSR count). The first-order valence-electron chi connectivity index (χ1n) is 4.58. The third kappa shape index (κ3) is 1.22. The lowest BCUT2D eigenvalue weighted by molar-refractivity contribution is 0.918. The van der Waals surface area contributed by atoms with Crippen LogP contribution in [0.3, 0.4) is 0 Å². The van der Waals surface area contributed by atoms with Crippen LogP contribution in [0.25, 0.3) is 10.9 Å². The molecule has 3 heteroatoms. The van der Waals surface area contributed by atoms with Gasteiger partial charge in [0.2, 0.25) is 0 Å². The van der Waals surface area contributed by atoms with Crippen molar-refractivity contribution in [3.63, 3.8) is 0 Å². The Kier molecular flexibility index (Phi) is 2.25. The van der Waals surface area contributed by atoms with Crippen LogP contribution in [0.4, 0.5) is 0 Å². The van der Waals surface area contributed by atoms with Gasteiger partial charge in [0.05, 0.1) is 5.02 Å². The van der Waals surface area contributed by atoms with Crippen molar-refractivity contribution in [2.75, 3.05) is 0 Å². The maximum absolute atomic E-state index is 6.21. The summed E-state index contributed by atoms with van der Waals surface area (Å²) in [5, 5.41) is 1.92. The second-order valence-electron chi connectivity index (χ2n) is 3.51. The highest BCUT2D eigenvalue weighted by atomic mass is 35.5. The second-order valence-corrected chi connectivity index (χ2v) is 3.89. The van der Waals surface area contributed by atoms with Gasteiger partial charge >= 0.3 is 0 Å². The molecular weight excluding hydrogens is 196 g/mol. The molecule has 0 saturated carbocycles. The number of nitrogens with two attached hydrogens (primary N) is 1. The molecular formula is C11H13ClN2. The summed E-state index contributed by atoms with van der Waals surface area (Å²) in [5.74, 6) is 0. The van der Waals surface area contributed by atoms with E-state index in [4.69, 9.17) is 17.3 Å². The fraction of sp³-hybridized carbons (Fsp3) is 0.273. The molecule has 0 aliphatic heterocycles. The fourth-order valence-corrected chi connectivity index (χ4v) is 1.98. The van der Waals surface area contributed by atoms with Crippen LogP contribution < -0.4 is 5.73 Å². The third-order valence-electron chi connectivity index (χ3n) is 2.72. The summed E-state index contributed by atoms with van der Waals surface area (Å²) in [6, 6.07) is 6.17. The van der Waals surface area contributed by atoms with E-state index in [2.05, 4.69) is 16.7 Å². The zero-order chi connectivity index (χ0) is 10.3. The van der Waals surface area contributed by atoms with Gasteiger partial charge in [-0.1, -0.05) is 17.7 Å². The van der Waals surface area contributed by atoms with E-state index in [0.29, 0.717) is 6.54 Å². The minimum Gasteiger partial charge on any atom is -0.346 e. The molecule has 2 aromatic rings. The Morgan fingerprint density at radius 3 is 2.79 bits per heavy atom. The summed E-state index contributed by atoms with van der Waals surface area (Å²) >= 11 is 6.21. The van der Waals surface area contributed by atoms with Crippen molar-refractivity contribution >= 4 is 22.5 Å². The number of fused-ring (bicyclic) bond motifs is 1. The van der Waals surface area contributed by atoms with Gasteiger partial charge in [-0.2, -0.15) is 0 Å². The Hall–Kier alpha value is -0.990. The molecule has 2 nitrogen and oxygen atoms in total. The van der Waals surface area contributed by atoms with Crippen LogP contribution in [-0.4, -0.2) is 4.57 Å². The summed E-state index contributed by atoms with van der Waals surface area (Å²) in [6.45, 7) is 2.57. The number of hydrogen-bond acceptors (Lipinski definition) is 1. The molecule has 0 radical (unpaired) electrons. The first kappa shape index (κ1) is 9.56. The van der Waals surface area contributed by atoms with Crippen LogP contribution in [0, 0.1) is 6.92 Å². The highest BCUT2D eigenvalue weighted by Crippen LogP contribution is 2.29. The van der Waals surface area contributed by atoms with Gasteiger partial charge in [0.15, 0.2) is 0 Å². The standard InChI is InChI=1S/C11H13ClN2/c1-7-11(12)9-5-8(6-13)3-4-10(9)14(7)2/h3-5H,6,13H2,1-2H3. The molecule has 0 bridgehead atoms. The highest BCUT2D eigenvalue weighted by molar-refractivity contribution is 6.36. The van der Waals surface area contributed by atoms with E-state index in [1.807, 2.05) is 20.0 Å². The molecule has 0 aliphatic carbocycles. The fourth-order valence-electron chi connectivity index (χ4n) is 1.70. The molecule has 74 valence electrons. The van der Waals surface area contributed by atoms with Gasteiger partial charge in [-0.25, -0.2) is 0 Å². The molecule has 1 heterocycles. The first-order chi connectivity index (χ1) is 6.65. The van der Waals surface area contributed by atoms with Crippen molar-refractivity contribution in [3.05, 3.63) is 34.5 Å². The lowest BCUT2D eigenvalue weighted by Gasteiger charge is -1.99. The molecule has 2 N–H and O–H groups in total. The van der Waals surface area contributed by atoms with E-state index in [-0.39, 0.29) is 0 Å². The van der Waals surface area contributed by atoms with E-state index >= 15 is 0 Å². The lowest BCUT2D eigenvalue weighted by atomic mass is 10.1. The van der Waals surface area contributed by atoms with Crippen LogP contribution in [0.5, 0.6) is 0 Å². The Bertz CT molecular complexity index is 485. The lowest BCUT2D eigenvalue weighted by Crippen LogP contribution is -1.95. The molecule has 0 saturated heterocycles. The molecule has 1 aromatic carbocycles. The smallest absolute Gasteiger partial charge is 0.0691 e. The van der Waals surface area contributed by atoms with Crippen molar-refractivity contribution in [1.29, 1.82) is 0 Å². The summed E-state index contributed by atoms with van der Waals surface area (Å²) in [6.07, 6.45) is 0. The quantitative estimate of drug-likeness (QED) is 0.768. The summed E-state index contributed by atoms with van der Waals surface area (Å²) in [5.41, 5.74) is 8.95. The minimum atomic E-state index is 0.556. The Balaban J connectivity index is 2.82. The number of rotatable bonds is 1. The van der Waals surface area contributed by atoms with Crippen LogP contribution in [0.1, 0.15) is 11.3 Å². The van der Waals surface area contributed by atoms with Gasteiger partial charge in [0.25, 0.3) is 0 Å². The summed E-state index contributed by atoms with van der Waals surface area (Å²) < 4.78 is 2.10. The topological polar surface area (TPSA) is 30.9 Å². The van der Waals surface area contributed by atoms with Gasteiger partial charge in [0, 0.05) is 30.2 Å². The zero-order valence-electron chi connectivity index (χ0n) is 8.34. The number of nitrogens with zero attached hydrogens (tertiary/aromatic N) is 1. The maximum atomic E-state index is 6.21. The first-order valence-corrected chi connectivity index (χ1v) is 4.96. The van der Waals surface area contributed by atoms with E-state index in [1.165, 1.54) is 0 Å². The van der Waals surface area contributed by atoms with Crippen molar-refractivity contribution < 1.29 is 0 Å². The number of halogens is 1. The van der Waals surface area contributed by atoms with Crippen LogP contribution in [0.2, 0.25) is 5.02 Å². The van der Waals surface area contributed by atoms with Gasteiger partial charge < -0.3 is 10.3 Å². The maximum Gasteiger partial charge on any atom is 0.0691 e.